The number of carbonyl (C=O) groups is 2. The molecule has 1 aliphatic rings. The van der Waals surface area contributed by atoms with Crippen LogP contribution in [0.2, 0.25) is 0 Å². The Balaban J connectivity index is 1.84. The molecule has 1 unspecified atom stereocenters. The quantitative estimate of drug-likeness (QED) is 0.759. The summed E-state index contributed by atoms with van der Waals surface area (Å²) < 4.78 is 10.3. The van der Waals surface area contributed by atoms with Gasteiger partial charge in [0, 0.05) is 19.2 Å². The molecule has 2 N–H and O–H groups in total. The summed E-state index contributed by atoms with van der Waals surface area (Å²) in [4.78, 5) is 22.9. The molecular weight excluding hydrogens is 260 g/mol. The van der Waals surface area contributed by atoms with Gasteiger partial charge in [0.2, 0.25) is 11.8 Å². The molecule has 0 aliphatic carbocycles. The highest BCUT2D eigenvalue weighted by Gasteiger charge is 2.26. The molecule has 2 rings (SSSR count). The van der Waals surface area contributed by atoms with Gasteiger partial charge in [0.1, 0.15) is 18.4 Å². The number of benzene rings is 1. The van der Waals surface area contributed by atoms with Crippen molar-refractivity contribution in [3.63, 3.8) is 0 Å². The fourth-order valence-electron chi connectivity index (χ4n) is 1.92. The molecule has 6 heteroatoms. The van der Waals surface area contributed by atoms with E-state index in [1.165, 1.54) is 0 Å². The van der Waals surface area contributed by atoms with E-state index in [4.69, 9.17) is 9.47 Å². The third kappa shape index (κ3) is 3.96. The van der Waals surface area contributed by atoms with Crippen molar-refractivity contribution < 1.29 is 19.1 Å². The van der Waals surface area contributed by atoms with Crippen LogP contribution in [0.25, 0.3) is 0 Å². The van der Waals surface area contributed by atoms with Crippen molar-refractivity contribution in [1.29, 1.82) is 0 Å². The number of ether oxygens (including phenoxy) is 2. The van der Waals surface area contributed by atoms with E-state index in [0.717, 1.165) is 0 Å². The molecule has 0 radical (unpaired) electrons. The summed E-state index contributed by atoms with van der Waals surface area (Å²) in [5, 5.41) is 5.40. The van der Waals surface area contributed by atoms with Gasteiger partial charge in [-0.05, 0) is 30.7 Å². The van der Waals surface area contributed by atoms with Crippen LogP contribution in [0, 0.1) is 0 Å². The first-order valence-electron chi connectivity index (χ1n) is 6.51. The van der Waals surface area contributed by atoms with E-state index in [0.29, 0.717) is 37.5 Å². The first kappa shape index (κ1) is 14.3. The van der Waals surface area contributed by atoms with Gasteiger partial charge in [0.15, 0.2) is 0 Å². The lowest BCUT2D eigenvalue weighted by Crippen LogP contribution is -2.37. The fraction of sp³-hybridized carbons (Fsp3) is 0.429. The Morgan fingerprint density at radius 3 is 2.70 bits per heavy atom. The van der Waals surface area contributed by atoms with Crippen molar-refractivity contribution >= 4 is 17.5 Å². The Kier molecular flexibility index (Phi) is 4.95. The van der Waals surface area contributed by atoms with E-state index in [9.17, 15) is 9.59 Å². The van der Waals surface area contributed by atoms with Crippen molar-refractivity contribution in [2.24, 2.45) is 0 Å². The maximum absolute atomic E-state index is 11.9. The molecule has 1 saturated heterocycles. The second-order valence-electron chi connectivity index (χ2n) is 4.51. The van der Waals surface area contributed by atoms with Crippen LogP contribution < -0.4 is 15.4 Å². The predicted octanol–water partition coefficient (Wildman–Crippen LogP) is 0.929. The zero-order valence-corrected chi connectivity index (χ0v) is 11.3. The smallest absolute Gasteiger partial charge is 0.246 e. The third-order valence-corrected chi connectivity index (χ3v) is 2.99. The molecule has 1 aromatic carbocycles. The molecule has 2 amide bonds. The molecule has 6 nitrogen and oxygen atoms in total. The van der Waals surface area contributed by atoms with E-state index in [1.807, 2.05) is 0 Å². The maximum atomic E-state index is 11.9. The van der Waals surface area contributed by atoms with Gasteiger partial charge in [-0.25, -0.2) is 0 Å². The Hall–Kier alpha value is -2.08. The van der Waals surface area contributed by atoms with Crippen molar-refractivity contribution in [1.82, 2.24) is 5.32 Å². The molecule has 0 spiro atoms. The van der Waals surface area contributed by atoms with Gasteiger partial charge in [-0.3, -0.25) is 9.59 Å². The normalized spacial score (nSPS) is 17.6. The molecule has 20 heavy (non-hydrogen) atoms. The average molecular weight is 278 g/mol. The van der Waals surface area contributed by atoms with Crippen LogP contribution in [0.5, 0.6) is 5.75 Å². The molecule has 1 atom stereocenters. The lowest BCUT2D eigenvalue weighted by molar-refractivity contribution is -0.122. The minimum atomic E-state index is -0.430. The summed E-state index contributed by atoms with van der Waals surface area (Å²) in [7, 11) is 1.61. The van der Waals surface area contributed by atoms with Gasteiger partial charge in [-0.15, -0.1) is 0 Å². The number of nitrogens with one attached hydrogen (secondary N) is 2. The zero-order chi connectivity index (χ0) is 14.4. The molecule has 1 heterocycles. The third-order valence-electron chi connectivity index (χ3n) is 2.99. The van der Waals surface area contributed by atoms with Gasteiger partial charge < -0.3 is 20.1 Å². The van der Waals surface area contributed by atoms with Crippen LogP contribution >= 0.6 is 0 Å². The van der Waals surface area contributed by atoms with Gasteiger partial charge in [-0.1, -0.05) is 0 Å². The lowest BCUT2D eigenvalue weighted by atomic mass is 10.2. The Morgan fingerprint density at radius 2 is 2.10 bits per heavy atom. The second-order valence-corrected chi connectivity index (χ2v) is 4.51. The number of hydrogen-bond donors (Lipinski definition) is 2. The van der Waals surface area contributed by atoms with Gasteiger partial charge >= 0.3 is 0 Å². The Morgan fingerprint density at radius 1 is 1.35 bits per heavy atom. The summed E-state index contributed by atoms with van der Waals surface area (Å²) in [5.41, 5.74) is 0.676. The van der Waals surface area contributed by atoms with E-state index in [-0.39, 0.29) is 11.8 Å². The Labute approximate surface area is 117 Å². The molecule has 1 aliphatic heterocycles. The summed E-state index contributed by atoms with van der Waals surface area (Å²) >= 11 is 0. The number of amides is 2. The van der Waals surface area contributed by atoms with E-state index in [2.05, 4.69) is 10.6 Å². The van der Waals surface area contributed by atoms with Crippen LogP contribution in [0.4, 0.5) is 5.69 Å². The lowest BCUT2D eigenvalue weighted by Gasteiger charge is -2.11. The van der Waals surface area contributed by atoms with E-state index < -0.39 is 6.04 Å². The first-order chi connectivity index (χ1) is 9.69. The van der Waals surface area contributed by atoms with E-state index in [1.54, 1.807) is 31.4 Å². The first-order valence-corrected chi connectivity index (χ1v) is 6.51. The minimum Gasteiger partial charge on any atom is -0.491 e. The summed E-state index contributed by atoms with van der Waals surface area (Å²) in [6.45, 7) is 1.01. The summed E-state index contributed by atoms with van der Waals surface area (Å²) in [6, 6.07) is 6.64. The molecule has 1 fully saturated rings. The predicted molar refractivity (Wildman–Crippen MR) is 73.6 cm³/mol. The van der Waals surface area contributed by atoms with Crippen molar-refractivity contribution in [2.75, 3.05) is 25.6 Å². The standard InChI is InChI=1S/C14H18N2O4/c1-19-8-9-20-11-4-2-10(3-5-11)15-14(18)12-6-7-13(17)16-12/h2-5,12H,6-9H2,1H3,(H,15,18)(H,16,17). The number of anilines is 1. The molecule has 1 aromatic rings. The monoisotopic (exact) mass is 278 g/mol. The van der Waals surface area contributed by atoms with Crippen LogP contribution in [-0.4, -0.2) is 38.2 Å². The molecule has 0 bridgehead atoms. The van der Waals surface area contributed by atoms with Crippen LogP contribution in [0.15, 0.2) is 24.3 Å². The van der Waals surface area contributed by atoms with Crippen LogP contribution in [-0.2, 0) is 14.3 Å². The molecule has 0 saturated carbocycles. The minimum absolute atomic E-state index is 0.0768. The largest absolute Gasteiger partial charge is 0.491 e. The number of carbonyl (C=O) groups excluding carboxylic acids is 2. The van der Waals surface area contributed by atoms with E-state index >= 15 is 0 Å². The molecular formula is C14H18N2O4. The number of hydrogen-bond acceptors (Lipinski definition) is 4. The maximum Gasteiger partial charge on any atom is 0.246 e. The summed E-state index contributed by atoms with van der Waals surface area (Å²) in [5.74, 6) is 0.449. The van der Waals surface area contributed by atoms with Gasteiger partial charge in [-0.2, -0.15) is 0 Å². The molecule has 0 aromatic heterocycles. The number of rotatable bonds is 6. The molecule has 108 valence electrons. The zero-order valence-electron chi connectivity index (χ0n) is 11.3. The van der Waals surface area contributed by atoms with Crippen molar-refractivity contribution in [2.45, 2.75) is 18.9 Å². The second kappa shape index (κ2) is 6.91. The highest BCUT2D eigenvalue weighted by atomic mass is 16.5. The van der Waals surface area contributed by atoms with Crippen LogP contribution in [0.3, 0.4) is 0 Å². The van der Waals surface area contributed by atoms with Gasteiger partial charge in [0.05, 0.1) is 6.61 Å². The van der Waals surface area contributed by atoms with Gasteiger partial charge in [0.25, 0.3) is 0 Å². The average Bonchev–Trinajstić information content (AvgIpc) is 2.88. The summed E-state index contributed by atoms with van der Waals surface area (Å²) in [6.07, 6.45) is 0.952. The van der Waals surface area contributed by atoms with Crippen molar-refractivity contribution in [3.05, 3.63) is 24.3 Å². The van der Waals surface area contributed by atoms with Crippen molar-refractivity contribution in [3.8, 4) is 5.75 Å². The highest BCUT2D eigenvalue weighted by Crippen LogP contribution is 2.17. The number of methoxy groups -OCH3 is 1. The SMILES string of the molecule is COCCOc1ccc(NC(=O)C2CCC(=O)N2)cc1. The Bertz CT molecular complexity index is 473. The highest BCUT2D eigenvalue weighted by molar-refractivity contribution is 5.98. The topological polar surface area (TPSA) is 76.7 Å². The fourth-order valence-corrected chi connectivity index (χ4v) is 1.92. The van der Waals surface area contributed by atoms with Crippen LogP contribution in [0.1, 0.15) is 12.8 Å².